The van der Waals surface area contributed by atoms with Gasteiger partial charge >= 0.3 is 0 Å². The van der Waals surface area contributed by atoms with Crippen LogP contribution in [0.2, 0.25) is 0 Å². The van der Waals surface area contributed by atoms with Crippen molar-refractivity contribution >= 4 is 29.0 Å². The first kappa shape index (κ1) is 23.4. The summed E-state index contributed by atoms with van der Waals surface area (Å²) in [5.74, 6) is 3.98. The average Bonchev–Trinajstić information content (AvgIpc) is 2.78. The van der Waals surface area contributed by atoms with Gasteiger partial charge in [-0.1, -0.05) is 0 Å². The van der Waals surface area contributed by atoms with Crippen molar-refractivity contribution in [3.05, 3.63) is 86.5 Å². The molecule has 13 heteroatoms. The molecule has 3 aromatic rings. The van der Waals surface area contributed by atoms with Gasteiger partial charge in [-0.3, -0.25) is 31.5 Å². The zero-order valence-electron chi connectivity index (χ0n) is 16.2. The van der Waals surface area contributed by atoms with E-state index in [4.69, 9.17) is 5.84 Å². The standard InChI is InChI=1S/C13H11N3O5.C6H7N3O2/c17-11-6-13(19)12(18)5-8(11)7-14-15-9-1-3-10(4-2-9)16(20)21;7-8-5-1-3-6(4-2-5)9(10)11/h1-7,15,17-19H;1-4,8H,7H2. The molecule has 0 bridgehead atoms. The van der Waals surface area contributed by atoms with Gasteiger partial charge in [0.1, 0.15) is 5.75 Å². The number of hydrogen-bond donors (Lipinski definition) is 6. The molecule has 0 aromatic heterocycles. The number of nitrogens with one attached hydrogen (secondary N) is 2. The molecule has 0 unspecified atom stereocenters. The van der Waals surface area contributed by atoms with Gasteiger partial charge < -0.3 is 20.7 Å². The molecule has 13 nitrogen and oxygen atoms in total. The molecule has 0 aliphatic carbocycles. The predicted octanol–water partition coefficient (Wildman–Crippen LogP) is 3.04. The number of anilines is 2. The molecule has 3 rings (SSSR count). The molecule has 0 aliphatic heterocycles. The van der Waals surface area contributed by atoms with Gasteiger partial charge in [0.05, 0.1) is 21.7 Å². The van der Waals surface area contributed by atoms with Crippen LogP contribution in [-0.2, 0) is 0 Å². The number of nitrogens with two attached hydrogens (primary N) is 1. The minimum Gasteiger partial charge on any atom is -0.507 e. The van der Waals surface area contributed by atoms with E-state index >= 15 is 0 Å². The Morgan fingerprint density at radius 2 is 1.25 bits per heavy atom. The number of nitro groups is 2. The molecule has 0 amide bonds. The maximum Gasteiger partial charge on any atom is 0.269 e. The van der Waals surface area contributed by atoms with Crippen LogP contribution in [0.5, 0.6) is 17.2 Å². The molecule has 0 spiro atoms. The second-order valence-corrected chi connectivity index (χ2v) is 6.02. The zero-order chi connectivity index (χ0) is 23.7. The molecule has 0 saturated carbocycles. The number of hydrazone groups is 1. The summed E-state index contributed by atoms with van der Waals surface area (Å²) in [5, 5.41) is 52.5. The third kappa shape index (κ3) is 6.57. The average molecular weight is 442 g/mol. The zero-order valence-corrected chi connectivity index (χ0v) is 16.2. The largest absolute Gasteiger partial charge is 0.507 e. The van der Waals surface area contributed by atoms with Gasteiger partial charge in [0.25, 0.3) is 11.4 Å². The third-order valence-corrected chi connectivity index (χ3v) is 3.84. The summed E-state index contributed by atoms with van der Waals surface area (Å²) >= 11 is 0. The summed E-state index contributed by atoms with van der Waals surface area (Å²) in [7, 11) is 0. The number of aromatic hydroxyl groups is 3. The van der Waals surface area contributed by atoms with Crippen molar-refractivity contribution in [2.24, 2.45) is 10.9 Å². The number of benzene rings is 3. The Bertz CT molecular complexity index is 1120. The van der Waals surface area contributed by atoms with E-state index in [1.807, 2.05) is 0 Å². The van der Waals surface area contributed by atoms with E-state index in [0.29, 0.717) is 11.4 Å². The Balaban J connectivity index is 0.000000278. The minimum atomic E-state index is -0.510. The van der Waals surface area contributed by atoms with Crippen molar-refractivity contribution in [1.82, 2.24) is 0 Å². The summed E-state index contributed by atoms with van der Waals surface area (Å²) < 4.78 is 0. The lowest BCUT2D eigenvalue weighted by Crippen LogP contribution is -2.06. The van der Waals surface area contributed by atoms with E-state index < -0.39 is 15.6 Å². The Hall–Kier alpha value is -4.91. The molecule has 166 valence electrons. The van der Waals surface area contributed by atoms with Gasteiger partial charge in [-0.25, -0.2) is 0 Å². The summed E-state index contributed by atoms with van der Waals surface area (Å²) in [6.07, 6.45) is 1.23. The van der Waals surface area contributed by atoms with Crippen molar-refractivity contribution in [3.8, 4) is 17.2 Å². The number of nitro benzene ring substituents is 2. The molecule has 0 fully saturated rings. The first-order chi connectivity index (χ1) is 15.2. The minimum absolute atomic E-state index is 0.0365. The molecule has 0 aliphatic rings. The van der Waals surface area contributed by atoms with Crippen LogP contribution in [0.25, 0.3) is 0 Å². The Kier molecular flexibility index (Phi) is 7.85. The quantitative estimate of drug-likeness (QED) is 0.0820. The summed E-state index contributed by atoms with van der Waals surface area (Å²) in [5.41, 5.74) is 6.36. The Labute approximate surface area is 180 Å². The first-order valence-corrected chi connectivity index (χ1v) is 8.70. The van der Waals surface area contributed by atoms with Crippen LogP contribution in [0.15, 0.2) is 65.8 Å². The molecule has 0 atom stereocenters. The van der Waals surface area contributed by atoms with E-state index in [2.05, 4.69) is 16.0 Å². The lowest BCUT2D eigenvalue weighted by atomic mass is 10.2. The van der Waals surface area contributed by atoms with Crippen molar-refractivity contribution in [1.29, 1.82) is 0 Å². The third-order valence-electron chi connectivity index (χ3n) is 3.84. The molecular weight excluding hydrogens is 424 g/mol. The van der Waals surface area contributed by atoms with E-state index in [9.17, 15) is 35.5 Å². The number of phenolic OH excluding ortho intramolecular Hbond substituents is 3. The lowest BCUT2D eigenvalue weighted by Gasteiger charge is -2.03. The highest BCUT2D eigenvalue weighted by molar-refractivity contribution is 5.85. The van der Waals surface area contributed by atoms with E-state index in [0.717, 1.165) is 12.1 Å². The number of phenols is 3. The van der Waals surface area contributed by atoms with Crippen molar-refractivity contribution in [2.75, 3.05) is 10.9 Å². The highest BCUT2D eigenvalue weighted by Crippen LogP contribution is 2.31. The van der Waals surface area contributed by atoms with Crippen LogP contribution >= 0.6 is 0 Å². The summed E-state index contributed by atoms with van der Waals surface area (Å²) in [4.78, 5) is 19.7. The summed E-state index contributed by atoms with van der Waals surface area (Å²) in [6, 6.07) is 13.6. The van der Waals surface area contributed by atoms with E-state index in [1.54, 1.807) is 0 Å². The molecule has 32 heavy (non-hydrogen) atoms. The molecule has 0 saturated heterocycles. The highest BCUT2D eigenvalue weighted by atomic mass is 16.6. The van der Waals surface area contributed by atoms with Crippen molar-refractivity contribution in [2.45, 2.75) is 0 Å². The van der Waals surface area contributed by atoms with Gasteiger partial charge in [0.15, 0.2) is 11.5 Å². The lowest BCUT2D eigenvalue weighted by molar-refractivity contribution is -0.385. The number of hydrogen-bond acceptors (Lipinski definition) is 11. The van der Waals surface area contributed by atoms with Gasteiger partial charge in [0.2, 0.25) is 0 Å². The van der Waals surface area contributed by atoms with Gasteiger partial charge in [-0.2, -0.15) is 5.10 Å². The number of rotatable bonds is 6. The Morgan fingerprint density at radius 1 is 0.781 bits per heavy atom. The number of non-ortho nitro benzene ring substituents is 2. The van der Waals surface area contributed by atoms with Crippen molar-refractivity contribution in [3.63, 3.8) is 0 Å². The second-order valence-electron chi connectivity index (χ2n) is 6.02. The van der Waals surface area contributed by atoms with E-state index in [-0.39, 0.29) is 28.4 Å². The smallest absolute Gasteiger partial charge is 0.269 e. The molecule has 3 aromatic carbocycles. The molecule has 0 heterocycles. The predicted molar refractivity (Wildman–Crippen MR) is 117 cm³/mol. The van der Waals surface area contributed by atoms with Gasteiger partial charge in [0, 0.05) is 41.6 Å². The number of nitrogens with zero attached hydrogens (tertiary/aromatic N) is 3. The van der Waals surface area contributed by atoms with Crippen LogP contribution in [0.1, 0.15) is 5.56 Å². The van der Waals surface area contributed by atoms with Crippen molar-refractivity contribution < 1.29 is 25.2 Å². The van der Waals surface area contributed by atoms with Gasteiger partial charge in [-0.15, -0.1) is 0 Å². The maximum atomic E-state index is 10.5. The fraction of sp³-hybridized carbons (Fsp3) is 0. The Morgan fingerprint density at radius 3 is 1.72 bits per heavy atom. The monoisotopic (exact) mass is 442 g/mol. The molecule has 7 N–H and O–H groups in total. The van der Waals surface area contributed by atoms with Gasteiger partial charge in [-0.05, 0) is 30.3 Å². The van der Waals surface area contributed by atoms with Crippen LogP contribution in [0, 0.1) is 20.2 Å². The number of hydrazine groups is 1. The maximum absolute atomic E-state index is 10.5. The fourth-order valence-corrected chi connectivity index (χ4v) is 2.20. The van der Waals surface area contributed by atoms with Crippen LogP contribution in [-0.4, -0.2) is 31.4 Å². The van der Waals surface area contributed by atoms with Crippen LogP contribution < -0.4 is 16.7 Å². The van der Waals surface area contributed by atoms with E-state index in [1.165, 1.54) is 54.7 Å². The van der Waals surface area contributed by atoms with Crippen LogP contribution in [0.4, 0.5) is 22.7 Å². The number of nitrogen functional groups attached to an aromatic ring is 1. The SMILES string of the molecule is NNc1ccc([N+](=O)[O-])cc1.O=[N+]([O-])c1ccc(NN=Cc2cc(O)c(O)cc2O)cc1. The summed E-state index contributed by atoms with van der Waals surface area (Å²) in [6.45, 7) is 0. The second kappa shape index (κ2) is 10.7. The van der Waals surface area contributed by atoms with Crippen LogP contribution in [0.3, 0.4) is 0 Å². The normalized spacial score (nSPS) is 10.2. The molecule has 0 radical (unpaired) electrons. The first-order valence-electron chi connectivity index (χ1n) is 8.70. The highest BCUT2D eigenvalue weighted by Gasteiger charge is 2.06. The fourth-order valence-electron chi connectivity index (χ4n) is 2.20. The topological polar surface area (TPSA) is 209 Å². The molecular formula is C19H18N6O7.